The number of hydrogen-bond donors (Lipinski definition) is 0. The Morgan fingerprint density at radius 3 is 2.41 bits per heavy atom. The molecule has 0 saturated carbocycles. The molecular formula is C23H20N4O2. The van der Waals surface area contributed by atoms with Crippen LogP contribution in [-0.4, -0.2) is 26.1 Å². The number of nitrogens with zero attached hydrogens (tertiary/aromatic N) is 4. The molecule has 5 aromatic rings. The van der Waals surface area contributed by atoms with Crippen LogP contribution < -0.4 is 4.74 Å². The Labute approximate surface area is 167 Å². The zero-order chi connectivity index (χ0) is 19.6. The number of benzene rings is 2. The summed E-state index contributed by atoms with van der Waals surface area (Å²) >= 11 is 0. The van der Waals surface area contributed by atoms with E-state index in [1.807, 2.05) is 65.2 Å². The van der Waals surface area contributed by atoms with E-state index in [1.165, 1.54) is 0 Å². The SMILES string of the molecule is CCCCOc1ccc(-n2c(-c3ccco3)nc3nc4ccccc4nc32)cc1. The first-order valence-electron chi connectivity index (χ1n) is 9.76. The second kappa shape index (κ2) is 7.39. The van der Waals surface area contributed by atoms with Crippen LogP contribution in [0.25, 0.3) is 39.6 Å². The fourth-order valence-electron chi connectivity index (χ4n) is 3.30. The van der Waals surface area contributed by atoms with Crippen molar-refractivity contribution in [2.45, 2.75) is 19.8 Å². The summed E-state index contributed by atoms with van der Waals surface area (Å²) in [5, 5.41) is 0. The highest BCUT2D eigenvalue weighted by molar-refractivity contribution is 5.85. The number of ether oxygens (including phenoxy) is 1. The lowest BCUT2D eigenvalue weighted by Gasteiger charge is -2.10. The van der Waals surface area contributed by atoms with Gasteiger partial charge in [-0.05, 0) is 55.0 Å². The Morgan fingerprint density at radius 2 is 1.69 bits per heavy atom. The average molecular weight is 384 g/mol. The first-order chi connectivity index (χ1) is 14.3. The minimum atomic E-state index is 0.582. The smallest absolute Gasteiger partial charge is 0.199 e. The van der Waals surface area contributed by atoms with E-state index in [0.29, 0.717) is 22.9 Å². The van der Waals surface area contributed by atoms with Crippen LogP contribution in [0.1, 0.15) is 19.8 Å². The van der Waals surface area contributed by atoms with Gasteiger partial charge in [0.1, 0.15) is 5.75 Å². The molecule has 0 unspecified atom stereocenters. The molecule has 0 spiro atoms. The molecule has 0 aliphatic rings. The molecule has 0 fully saturated rings. The molecule has 5 rings (SSSR count). The summed E-state index contributed by atoms with van der Waals surface area (Å²) in [5.74, 6) is 2.18. The molecule has 144 valence electrons. The summed E-state index contributed by atoms with van der Waals surface area (Å²) < 4.78 is 13.4. The Kier molecular flexibility index (Phi) is 4.44. The molecule has 0 bridgehead atoms. The van der Waals surface area contributed by atoms with Crippen LogP contribution >= 0.6 is 0 Å². The highest BCUT2D eigenvalue weighted by Crippen LogP contribution is 2.29. The third kappa shape index (κ3) is 3.23. The van der Waals surface area contributed by atoms with Gasteiger partial charge in [-0.25, -0.2) is 15.0 Å². The van der Waals surface area contributed by atoms with Crippen molar-refractivity contribution in [2.75, 3.05) is 6.61 Å². The van der Waals surface area contributed by atoms with Gasteiger partial charge < -0.3 is 9.15 Å². The van der Waals surface area contributed by atoms with Gasteiger partial charge in [-0.2, -0.15) is 0 Å². The topological polar surface area (TPSA) is 66.0 Å². The Morgan fingerprint density at radius 1 is 0.897 bits per heavy atom. The Bertz CT molecular complexity index is 1260. The van der Waals surface area contributed by atoms with Gasteiger partial charge in [0.15, 0.2) is 22.9 Å². The van der Waals surface area contributed by atoms with Crippen molar-refractivity contribution in [1.82, 2.24) is 19.5 Å². The lowest BCUT2D eigenvalue weighted by atomic mass is 10.2. The number of para-hydroxylation sites is 2. The number of unbranched alkanes of at least 4 members (excludes halogenated alkanes) is 1. The van der Waals surface area contributed by atoms with Gasteiger partial charge in [-0.1, -0.05) is 25.5 Å². The zero-order valence-electron chi connectivity index (χ0n) is 16.1. The molecular weight excluding hydrogens is 364 g/mol. The summed E-state index contributed by atoms with van der Waals surface area (Å²) in [5.41, 5.74) is 3.83. The Balaban J connectivity index is 1.66. The molecule has 0 saturated heterocycles. The van der Waals surface area contributed by atoms with Gasteiger partial charge in [0.2, 0.25) is 0 Å². The number of hydrogen-bond acceptors (Lipinski definition) is 5. The van der Waals surface area contributed by atoms with Crippen LogP contribution in [0, 0.1) is 0 Å². The van der Waals surface area contributed by atoms with Gasteiger partial charge in [0.05, 0.1) is 23.9 Å². The minimum absolute atomic E-state index is 0.582. The number of imidazole rings is 1. The maximum absolute atomic E-state index is 5.80. The van der Waals surface area contributed by atoms with Gasteiger partial charge in [-0.15, -0.1) is 0 Å². The number of rotatable bonds is 6. The van der Waals surface area contributed by atoms with Crippen molar-refractivity contribution in [3.63, 3.8) is 0 Å². The van der Waals surface area contributed by atoms with Gasteiger partial charge >= 0.3 is 0 Å². The molecule has 6 nitrogen and oxygen atoms in total. The third-order valence-corrected chi connectivity index (χ3v) is 4.77. The fourth-order valence-corrected chi connectivity index (χ4v) is 3.30. The van der Waals surface area contributed by atoms with Crippen molar-refractivity contribution in [3.05, 3.63) is 66.9 Å². The quantitative estimate of drug-likeness (QED) is 0.366. The fraction of sp³-hybridized carbons (Fsp3) is 0.174. The molecule has 3 heterocycles. The van der Waals surface area contributed by atoms with Crippen LogP contribution in [0.15, 0.2) is 71.3 Å². The van der Waals surface area contributed by atoms with E-state index in [0.717, 1.165) is 41.9 Å². The molecule has 29 heavy (non-hydrogen) atoms. The predicted molar refractivity (Wildman–Crippen MR) is 112 cm³/mol. The van der Waals surface area contributed by atoms with Crippen LogP contribution in [-0.2, 0) is 0 Å². The Hall–Kier alpha value is -3.67. The molecule has 3 aromatic heterocycles. The van der Waals surface area contributed by atoms with E-state index in [1.54, 1.807) is 6.26 Å². The second-order valence-corrected chi connectivity index (χ2v) is 6.80. The van der Waals surface area contributed by atoms with Gasteiger partial charge in [0, 0.05) is 5.69 Å². The summed E-state index contributed by atoms with van der Waals surface area (Å²) in [6.07, 6.45) is 3.79. The number of furan rings is 1. The highest BCUT2D eigenvalue weighted by Gasteiger charge is 2.19. The maximum atomic E-state index is 5.80. The van der Waals surface area contributed by atoms with Crippen LogP contribution in [0.3, 0.4) is 0 Å². The summed E-state index contributed by atoms with van der Waals surface area (Å²) in [6.45, 7) is 2.87. The molecule has 0 radical (unpaired) electrons. The van der Waals surface area contributed by atoms with Gasteiger partial charge in [0.25, 0.3) is 0 Å². The molecule has 0 aliphatic heterocycles. The van der Waals surface area contributed by atoms with Crippen LogP contribution in [0.4, 0.5) is 0 Å². The second-order valence-electron chi connectivity index (χ2n) is 6.80. The zero-order valence-corrected chi connectivity index (χ0v) is 16.1. The maximum Gasteiger partial charge on any atom is 0.199 e. The van der Waals surface area contributed by atoms with Crippen molar-refractivity contribution in [3.8, 4) is 23.0 Å². The summed E-state index contributed by atoms with van der Waals surface area (Å²) in [6, 6.07) is 19.5. The number of aromatic nitrogens is 4. The lowest BCUT2D eigenvalue weighted by Crippen LogP contribution is -2.00. The highest BCUT2D eigenvalue weighted by atomic mass is 16.5. The molecule has 6 heteroatoms. The molecule has 0 atom stereocenters. The average Bonchev–Trinajstić information content (AvgIpc) is 3.40. The van der Waals surface area contributed by atoms with E-state index < -0.39 is 0 Å². The first-order valence-corrected chi connectivity index (χ1v) is 9.76. The van der Waals surface area contributed by atoms with Crippen LogP contribution in [0.5, 0.6) is 5.75 Å². The van der Waals surface area contributed by atoms with Crippen molar-refractivity contribution in [1.29, 1.82) is 0 Å². The van der Waals surface area contributed by atoms with E-state index in [2.05, 4.69) is 6.92 Å². The predicted octanol–water partition coefficient (Wildman–Crippen LogP) is 5.41. The molecule has 2 aromatic carbocycles. The summed E-state index contributed by atoms with van der Waals surface area (Å²) in [7, 11) is 0. The number of fused-ring (bicyclic) bond motifs is 2. The first kappa shape index (κ1) is 17.4. The lowest BCUT2D eigenvalue weighted by molar-refractivity contribution is 0.309. The minimum Gasteiger partial charge on any atom is -0.494 e. The van der Waals surface area contributed by atoms with Crippen molar-refractivity contribution >= 4 is 22.3 Å². The van der Waals surface area contributed by atoms with E-state index in [-0.39, 0.29) is 0 Å². The standard InChI is InChI=1S/C23H20N4O2/c1-2-3-14-28-17-12-10-16(11-13-17)27-22(20-9-6-15-29-20)26-21-23(27)25-19-8-5-4-7-18(19)24-21/h4-13,15H,2-3,14H2,1H3. The van der Waals surface area contributed by atoms with Gasteiger partial charge in [-0.3, -0.25) is 4.57 Å². The van der Waals surface area contributed by atoms with E-state index >= 15 is 0 Å². The largest absolute Gasteiger partial charge is 0.494 e. The monoisotopic (exact) mass is 384 g/mol. The molecule has 0 amide bonds. The van der Waals surface area contributed by atoms with E-state index in [4.69, 9.17) is 24.1 Å². The van der Waals surface area contributed by atoms with Crippen molar-refractivity contribution in [2.24, 2.45) is 0 Å². The van der Waals surface area contributed by atoms with Crippen LogP contribution in [0.2, 0.25) is 0 Å². The van der Waals surface area contributed by atoms with Crippen molar-refractivity contribution < 1.29 is 9.15 Å². The normalized spacial score (nSPS) is 11.3. The molecule has 0 N–H and O–H groups in total. The third-order valence-electron chi connectivity index (χ3n) is 4.77. The molecule has 0 aliphatic carbocycles. The van der Waals surface area contributed by atoms with E-state index in [9.17, 15) is 0 Å². The summed E-state index contributed by atoms with van der Waals surface area (Å²) in [4.78, 5) is 14.3.